The molecule has 0 saturated heterocycles. The molecule has 5 heteroatoms. The molecule has 0 bridgehead atoms. The summed E-state index contributed by atoms with van der Waals surface area (Å²) in [5.74, 6) is 0.263. The number of carbonyl (C=O) groups excluding carboxylic acids is 1. The Morgan fingerprint density at radius 3 is 2.65 bits per heavy atom. The van der Waals surface area contributed by atoms with E-state index in [1.807, 2.05) is 18.2 Å². The predicted octanol–water partition coefficient (Wildman–Crippen LogP) is -0.0751. The molecule has 94 valence electrons. The van der Waals surface area contributed by atoms with Crippen LogP contribution in [0.1, 0.15) is 6.92 Å². The highest BCUT2D eigenvalue weighted by Crippen LogP contribution is 2.07. The predicted molar refractivity (Wildman–Crippen MR) is 62.7 cm³/mol. The van der Waals surface area contributed by atoms with Crippen molar-refractivity contribution in [3.05, 3.63) is 30.3 Å². The second kappa shape index (κ2) is 6.22. The van der Waals surface area contributed by atoms with E-state index in [1.54, 1.807) is 12.1 Å². The van der Waals surface area contributed by atoms with Crippen molar-refractivity contribution in [2.24, 2.45) is 0 Å². The molecule has 0 saturated carbocycles. The largest absolute Gasteiger partial charge is 0.484 e. The molecule has 0 aromatic heterocycles. The molecule has 0 radical (unpaired) electrons. The molecule has 1 rings (SSSR count). The summed E-state index contributed by atoms with van der Waals surface area (Å²) < 4.78 is 5.21. The fraction of sp³-hybridized carbons (Fsp3) is 0.417. The molecule has 17 heavy (non-hydrogen) atoms. The van der Waals surface area contributed by atoms with E-state index in [1.165, 1.54) is 6.92 Å². The highest BCUT2D eigenvalue weighted by atomic mass is 16.5. The molecular formula is C12H17NO4. The number of hydrogen-bond donors (Lipinski definition) is 3. The fourth-order valence-electron chi connectivity index (χ4n) is 1.06. The van der Waals surface area contributed by atoms with Gasteiger partial charge in [-0.15, -0.1) is 0 Å². The van der Waals surface area contributed by atoms with Crippen molar-refractivity contribution in [3.63, 3.8) is 0 Å². The van der Waals surface area contributed by atoms with E-state index in [4.69, 9.17) is 9.84 Å². The van der Waals surface area contributed by atoms with Crippen LogP contribution in [0.25, 0.3) is 0 Å². The topological polar surface area (TPSA) is 78.8 Å². The third-order valence-corrected chi connectivity index (χ3v) is 2.12. The number of carbonyl (C=O) groups is 1. The summed E-state index contributed by atoms with van der Waals surface area (Å²) in [4.78, 5) is 11.4. The van der Waals surface area contributed by atoms with E-state index >= 15 is 0 Å². The van der Waals surface area contributed by atoms with E-state index in [0.29, 0.717) is 5.75 Å². The molecule has 5 nitrogen and oxygen atoms in total. The number of aliphatic hydroxyl groups excluding tert-OH is 1. The smallest absolute Gasteiger partial charge is 0.258 e. The highest BCUT2D eigenvalue weighted by molar-refractivity contribution is 5.77. The first-order valence-corrected chi connectivity index (χ1v) is 5.31. The molecule has 1 atom stereocenters. The maximum Gasteiger partial charge on any atom is 0.258 e. The lowest BCUT2D eigenvalue weighted by Crippen LogP contribution is -2.44. The summed E-state index contributed by atoms with van der Waals surface area (Å²) >= 11 is 0. The lowest BCUT2D eigenvalue weighted by Gasteiger charge is -2.20. The van der Waals surface area contributed by atoms with Crippen molar-refractivity contribution in [1.82, 2.24) is 5.32 Å². The number of nitrogens with one attached hydrogen (secondary N) is 1. The highest BCUT2D eigenvalue weighted by Gasteiger charge is 2.19. The SMILES string of the molecule is CC(O)(CO)CNC(=O)COc1ccccc1. The van der Waals surface area contributed by atoms with Crippen LogP contribution in [0.4, 0.5) is 0 Å². The molecular weight excluding hydrogens is 222 g/mol. The summed E-state index contributed by atoms with van der Waals surface area (Å²) in [5.41, 5.74) is -1.30. The Balaban J connectivity index is 2.27. The van der Waals surface area contributed by atoms with Crippen molar-refractivity contribution >= 4 is 5.91 Å². The number of hydrogen-bond acceptors (Lipinski definition) is 4. The van der Waals surface area contributed by atoms with E-state index in [9.17, 15) is 9.90 Å². The third kappa shape index (κ3) is 5.33. The van der Waals surface area contributed by atoms with E-state index < -0.39 is 12.2 Å². The second-order valence-corrected chi connectivity index (χ2v) is 4.03. The molecule has 0 aliphatic rings. The van der Waals surface area contributed by atoms with Gasteiger partial charge in [0.1, 0.15) is 11.4 Å². The van der Waals surface area contributed by atoms with Crippen molar-refractivity contribution < 1.29 is 19.7 Å². The van der Waals surface area contributed by atoms with Crippen molar-refractivity contribution in [1.29, 1.82) is 0 Å². The van der Waals surface area contributed by atoms with Crippen LogP contribution in [0.15, 0.2) is 30.3 Å². The Labute approximate surface area is 100 Å². The normalized spacial score (nSPS) is 13.8. The van der Waals surface area contributed by atoms with Gasteiger partial charge < -0.3 is 20.3 Å². The van der Waals surface area contributed by atoms with Crippen LogP contribution < -0.4 is 10.1 Å². The van der Waals surface area contributed by atoms with Crippen molar-refractivity contribution in [3.8, 4) is 5.75 Å². The molecule has 0 heterocycles. The minimum atomic E-state index is -1.30. The van der Waals surface area contributed by atoms with Gasteiger partial charge in [0.05, 0.1) is 6.61 Å². The number of ether oxygens (including phenoxy) is 1. The molecule has 0 aliphatic carbocycles. The van der Waals surface area contributed by atoms with Crippen LogP contribution in [0, 0.1) is 0 Å². The number of rotatable bonds is 6. The van der Waals surface area contributed by atoms with Gasteiger partial charge in [-0.2, -0.15) is 0 Å². The third-order valence-electron chi connectivity index (χ3n) is 2.12. The number of amides is 1. The van der Waals surface area contributed by atoms with E-state index in [-0.39, 0.29) is 19.1 Å². The van der Waals surface area contributed by atoms with Gasteiger partial charge in [-0.25, -0.2) is 0 Å². The van der Waals surface area contributed by atoms with Gasteiger partial charge >= 0.3 is 0 Å². The van der Waals surface area contributed by atoms with Crippen molar-refractivity contribution in [2.75, 3.05) is 19.8 Å². The Kier molecular flexibility index (Phi) is 4.93. The molecule has 1 aromatic carbocycles. The number of para-hydroxylation sites is 1. The minimum absolute atomic E-state index is 0.0134. The minimum Gasteiger partial charge on any atom is -0.484 e. The van der Waals surface area contributed by atoms with E-state index in [2.05, 4.69) is 5.32 Å². The average Bonchev–Trinajstić information content (AvgIpc) is 2.35. The molecule has 1 unspecified atom stereocenters. The molecule has 1 amide bonds. The molecule has 0 spiro atoms. The first kappa shape index (κ1) is 13.5. The fourth-order valence-corrected chi connectivity index (χ4v) is 1.06. The summed E-state index contributed by atoms with van der Waals surface area (Å²) in [6.07, 6.45) is 0. The zero-order valence-corrected chi connectivity index (χ0v) is 9.72. The van der Waals surface area contributed by atoms with Crippen LogP contribution in [0.5, 0.6) is 5.75 Å². The maximum absolute atomic E-state index is 11.4. The lowest BCUT2D eigenvalue weighted by molar-refractivity contribution is -0.124. The second-order valence-electron chi connectivity index (χ2n) is 4.03. The molecule has 0 fully saturated rings. The Bertz CT molecular complexity index is 351. The maximum atomic E-state index is 11.4. The average molecular weight is 239 g/mol. The molecule has 0 aliphatic heterocycles. The van der Waals surface area contributed by atoms with Crippen LogP contribution in [0.2, 0.25) is 0 Å². The van der Waals surface area contributed by atoms with Crippen LogP contribution in [-0.2, 0) is 4.79 Å². The number of aliphatic hydroxyl groups is 2. The molecule has 3 N–H and O–H groups in total. The van der Waals surface area contributed by atoms with Gasteiger partial charge in [0.15, 0.2) is 6.61 Å². The summed E-state index contributed by atoms with van der Waals surface area (Å²) in [6, 6.07) is 8.97. The monoisotopic (exact) mass is 239 g/mol. The first-order chi connectivity index (χ1) is 8.03. The van der Waals surface area contributed by atoms with Gasteiger partial charge in [-0.1, -0.05) is 18.2 Å². The summed E-state index contributed by atoms with van der Waals surface area (Å²) in [5, 5.41) is 20.7. The van der Waals surface area contributed by atoms with Gasteiger partial charge in [-0.3, -0.25) is 4.79 Å². The van der Waals surface area contributed by atoms with Gasteiger partial charge in [0.25, 0.3) is 5.91 Å². The Hall–Kier alpha value is -1.59. The Morgan fingerprint density at radius 2 is 2.06 bits per heavy atom. The lowest BCUT2D eigenvalue weighted by atomic mass is 10.1. The first-order valence-electron chi connectivity index (χ1n) is 5.31. The van der Waals surface area contributed by atoms with Crippen LogP contribution in [-0.4, -0.2) is 41.5 Å². The standard InChI is InChI=1S/C12H17NO4/c1-12(16,9-14)8-13-11(15)7-17-10-5-3-2-4-6-10/h2-6,14,16H,7-9H2,1H3,(H,13,15). The van der Waals surface area contributed by atoms with Gasteiger partial charge in [-0.05, 0) is 19.1 Å². The summed E-state index contributed by atoms with van der Waals surface area (Å²) in [7, 11) is 0. The Morgan fingerprint density at radius 1 is 1.41 bits per heavy atom. The zero-order valence-electron chi connectivity index (χ0n) is 9.72. The van der Waals surface area contributed by atoms with Gasteiger partial charge in [0.2, 0.25) is 0 Å². The zero-order chi connectivity index (χ0) is 12.7. The van der Waals surface area contributed by atoms with Crippen LogP contribution in [0.3, 0.4) is 0 Å². The number of benzene rings is 1. The quantitative estimate of drug-likeness (QED) is 0.649. The van der Waals surface area contributed by atoms with E-state index in [0.717, 1.165) is 0 Å². The van der Waals surface area contributed by atoms with Gasteiger partial charge in [0, 0.05) is 6.54 Å². The molecule has 1 aromatic rings. The van der Waals surface area contributed by atoms with Crippen molar-refractivity contribution in [2.45, 2.75) is 12.5 Å². The summed E-state index contributed by atoms with van der Waals surface area (Å²) in [6.45, 7) is 0.893. The van der Waals surface area contributed by atoms with Crippen LogP contribution >= 0.6 is 0 Å².